The Kier molecular flexibility index (Phi) is 5.76. The zero-order valence-corrected chi connectivity index (χ0v) is 13.0. The Balaban J connectivity index is 1.77. The van der Waals surface area contributed by atoms with E-state index in [0.717, 1.165) is 18.7 Å². The molecule has 1 aliphatic heterocycles. The molecule has 0 unspecified atom stereocenters. The number of nitrogens with zero attached hydrogens (tertiary/aromatic N) is 1. The van der Waals surface area contributed by atoms with E-state index in [-0.39, 0.29) is 0 Å². The van der Waals surface area contributed by atoms with Gasteiger partial charge in [0.05, 0.1) is 5.56 Å². The fraction of sp³-hybridized carbons (Fsp3) is 0.588. The van der Waals surface area contributed by atoms with Gasteiger partial charge in [-0.25, -0.2) is 4.79 Å². The molecule has 1 saturated heterocycles. The number of rotatable bonds is 7. The van der Waals surface area contributed by atoms with Gasteiger partial charge in [-0.1, -0.05) is 26.0 Å². The fourth-order valence-corrected chi connectivity index (χ4v) is 2.98. The highest BCUT2D eigenvalue weighted by Crippen LogP contribution is 2.18. The third kappa shape index (κ3) is 4.83. The quantitative estimate of drug-likeness (QED) is 0.810. The van der Waals surface area contributed by atoms with E-state index in [1.807, 2.05) is 12.1 Å². The van der Waals surface area contributed by atoms with Crippen molar-refractivity contribution >= 4 is 5.97 Å². The fourth-order valence-electron chi connectivity index (χ4n) is 2.98. The molecule has 1 fully saturated rings. The highest BCUT2D eigenvalue weighted by molar-refractivity contribution is 5.87. The minimum absolute atomic E-state index is 0.345. The average Bonchev–Trinajstić information content (AvgIpc) is 2.86. The summed E-state index contributed by atoms with van der Waals surface area (Å²) < 4.78 is 0. The monoisotopic (exact) mass is 290 g/mol. The van der Waals surface area contributed by atoms with E-state index < -0.39 is 5.97 Å². The van der Waals surface area contributed by atoms with Crippen molar-refractivity contribution in [1.29, 1.82) is 0 Å². The zero-order valence-electron chi connectivity index (χ0n) is 13.0. The van der Waals surface area contributed by atoms with Gasteiger partial charge in [-0.2, -0.15) is 0 Å². The number of carboxylic acids is 1. The second kappa shape index (κ2) is 7.57. The Morgan fingerprint density at radius 1 is 1.38 bits per heavy atom. The first-order valence-corrected chi connectivity index (χ1v) is 7.83. The molecule has 1 atom stereocenters. The second-order valence-electron chi connectivity index (χ2n) is 6.32. The van der Waals surface area contributed by atoms with E-state index in [9.17, 15) is 4.79 Å². The smallest absolute Gasteiger partial charge is 0.335 e. The Labute approximate surface area is 127 Å². The summed E-state index contributed by atoms with van der Waals surface area (Å²) in [4.78, 5) is 13.4. The molecule has 0 bridgehead atoms. The molecule has 1 aromatic carbocycles. The van der Waals surface area contributed by atoms with Crippen molar-refractivity contribution in [3.05, 3.63) is 35.4 Å². The van der Waals surface area contributed by atoms with Crippen LogP contribution < -0.4 is 5.32 Å². The number of carbonyl (C=O) groups is 1. The molecule has 0 aromatic heterocycles. The first-order valence-electron chi connectivity index (χ1n) is 7.83. The third-order valence-electron chi connectivity index (χ3n) is 4.01. The molecule has 0 spiro atoms. The minimum Gasteiger partial charge on any atom is -0.478 e. The van der Waals surface area contributed by atoms with E-state index in [0.29, 0.717) is 17.5 Å². The molecule has 21 heavy (non-hydrogen) atoms. The summed E-state index contributed by atoms with van der Waals surface area (Å²) in [5.41, 5.74) is 1.48. The van der Waals surface area contributed by atoms with E-state index in [2.05, 4.69) is 24.1 Å². The van der Waals surface area contributed by atoms with E-state index in [1.54, 1.807) is 12.1 Å². The first-order chi connectivity index (χ1) is 10.1. The number of hydrogen-bond acceptors (Lipinski definition) is 3. The van der Waals surface area contributed by atoms with Crippen molar-refractivity contribution in [1.82, 2.24) is 10.2 Å². The number of carboxylic acid groups (broad SMARTS) is 1. The van der Waals surface area contributed by atoms with Crippen LogP contribution >= 0.6 is 0 Å². The van der Waals surface area contributed by atoms with Crippen molar-refractivity contribution in [3.8, 4) is 0 Å². The molecular weight excluding hydrogens is 264 g/mol. The maximum absolute atomic E-state index is 10.8. The summed E-state index contributed by atoms with van der Waals surface area (Å²) in [7, 11) is 0. The van der Waals surface area contributed by atoms with Crippen LogP contribution in [0.25, 0.3) is 0 Å². The van der Waals surface area contributed by atoms with Gasteiger partial charge in [0.15, 0.2) is 0 Å². The van der Waals surface area contributed by atoms with Gasteiger partial charge in [0.2, 0.25) is 0 Å². The van der Waals surface area contributed by atoms with Crippen LogP contribution in [0.15, 0.2) is 24.3 Å². The highest BCUT2D eigenvalue weighted by Gasteiger charge is 2.24. The second-order valence-corrected chi connectivity index (χ2v) is 6.32. The van der Waals surface area contributed by atoms with Gasteiger partial charge in [-0.15, -0.1) is 0 Å². The van der Waals surface area contributed by atoms with Crippen molar-refractivity contribution < 1.29 is 9.90 Å². The van der Waals surface area contributed by atoms with Crippen molar-refractivity contribution in [3.63, 3.8) is 0 Å². The normalized spacial score (nSPS) is 19.3. The molecule has 2 N–H and O–H groups in total. The number of benzene rings is 1. The van der Waals surface area contributed by atoms with Crippen LogP contribution in [0.2, 0.25) is 0 Å². The first kappa shape index (κ1) is 16.0. The van der Waals surface area contributed by atoms with Gasteiger partial charge in [0, 0.05) is 25.7 Å². The Morgan fingerprint density at radius 2 is 2.10 bits per heavy atom. The van der Waals surface area contributed by atoms with Gasteiger partial charge >= 0.3 is 5.97 Å². The van der Waals surface area contributed by atoms with Crippen LogP contribution in [0, 0.1) is 5.92 Å². The van der Waals surface area contributed by atoms with E-state index in [4.69, 9.17) is 5.11 Å². The summed E-state index contributed by atoms with van der Waals surface area (Å²) in [6, 6.07) is 7.75. The summed E-state index contributed by atoms with van der Waals surface area (Å²) in [5.74, 6) is -0.154. The standard InChI is InChI=1S/C17H26N2O2/c1-13(2)12-19-9-3-4-16(19)11-18-10-14-5-7-15(8-6-14)17(20)21/h5-8,13,16,18H,3-4,9-12H2,1-2H3,(H,20,21)/t16-/m1/s1. The van der Waals surface area contributed by atoms with Gasteiger partial charge in [-0.05, 0) is 43.0 Å². The van der Waals surface area contributed by atoms with Gasteiger partial charge in [-0.3, -0.25) is 4.90 Å². The molecule has 116 valence electrons. The van der Waals surface area contributed by atoms with Crippen LogP contribution in [0.1, 0.15) is 42.6 Å². The van der Waals surface area contributed by atoms with Crippen molar-refractivity contribution in [2.45, 2.75) is 39.3 Å². The Bertz CT molecular complexity index is 456. The lowest BCUT2D eigenvalue weighted by atomic mass is 10.1. The highest BCUT2D eigenvalue weighted by atomic mass is 16.4. The number of likely N-dealkylation sites (tertiary alicyclic amines) is 1. The van der Waals surface area contributed by atoms with Gasteiger partial charge < -0.3 is 10.4 Å². The molecule has 1 aliphatic rings. The Hall–Kier alpha value is -1.39. The predicted molar refractivity (Wildman–Crippen MR) is 84.5 cm³/mol. The van der Waals surface area contributed by atoms with E-state index >= 15 is 0 Å². The number of hydrogen-bond donors (Lipinski definition) is 2. The summed E-state index contributed by atoms with van der Waals surface area (Å²) in [6.45, 7) is 8.75. The van der Waals surface area contributed by atoms with Crippen LogP contribution in [0.3, 0.4) is 0 Å². The molecule has 0 amide bonds. The van der Waals surface area contributed by atoms with Crippen LogP contribution in [-0.4, -0.2) is 41.7 Å². The lowest BCUT2D eigenvalue weighted by molar-refractivity contribution is 0.0697. The maximum atomic E-state index is 10.8. The summed E-state index contributed by atoms with van der Waals surface area (Å²) in [5, 5.41) is 12.4. The van der Waals surface area contributed by atoms with E-state index in [1.165, 1.54) is 25.9 Å². The Morgan fingerprint density at radius 3 is 2.71 bits per heavy atom. The lowest BCUT2D eigenvalue weighted by Crippen LogP contribution is -2.39. The molecule has 4 nitrogen and oxygen atoms in total. The van der Waals surface area contributed by atoms with Crippen LogP contribution in [0.4, 0.5) is 0 Å². The van der Waals surface area contributed by atoms with Gasteiger partial charge in [0.1, 0.15) is 0 Å². The van der Waals surface area contributed by atoms with Crippen LogP contribution in [-0.2, 0) is 6.54 Å². The molecule has 4 heteroatoms. The SMILES string of the molecule is CC(C)CN1CCC[C@@H]1CNCc1ccc(C(=O)O)cc1. The molecule has 0 aliphatic carbocycles. The summed E-state index contributed by atoms with van der Waals surface area (Å²) >= 11 is 0. The molecule has 0 radical (unpaired) electrons. The van der Waals surface area contributed by atoms with Crippen molar-refractivity contribution in [2.75, 3.05) is 19.6 Å². The minimum atomic E-state index is -0.871. The lowest BCUT2D eigenvalue weighted by Gasteiger charge is -2.26. The molecule has 2 rings (SSSR count). The third-order valence-corrected chi connectivity index (χ3v) is 4.01. The average molecular weight is 290 g/mol. The predicted octanol–water partition coefficient (Wildman–Crippen LogP) is 2.59. The topological polar surface area (TPSA) is 52.6 Å². The molecular formula is C17H26N2O2. The van der Waals surface area contributed by atoms with Crippen molar-refractivity contribution in [2.24, 2.45) is 5.92 Å². The maximum Gasteiger partial charge on any atom is 0.335 e. The molecule has 1 aromatic rings. The molecule has 1 heterocycles. The zero-order chi connectivity index (χ0) is 15.2. The molecule has 0 saturated carbocycles. The number of aromatic carboxylic acids is 1. The van der Waals surface area contributed by atoms with Crippen LogP contribution in [0.5, 0.6) is 0 Å². The number of nitrogens with one attached hydrogen (secondary N) is 1. The van der Waals surface area contributed by atoms with Gasteiger partial charge in [0.25, 0.3) is 0 Å². The largest absolute Gasteiger partial charge is 0.478 e. The summed E-state index contributed by atoms with van der Waals surface area (Å²) in [6.07, 6.45) is 2.57.